The molecule has 0 saturated heterocycles. The Balaban J connectivity index is 1.30. The molecule has 3 aliphatic rings. The third kappa shape index (κ3) is 8.94. The monoisotopic (exact) mass is 945 g/mol. The van der Waals surface area contributed by atoms with E-state index in [1.807, 2.05) is 30.3 Å². The van der Waals surface area contributed by atoms with E-state index in [2.05, 4.69) is 152 Å². The van der Waals surface area contributed by atoms with Crippen molar-refractivity contribution in [3.63, 3.8) is 0 Å². The number of hydrogen-bond donors (Lipinski definition) is 1. The molecule has 4 aromatic rings. The summed E-state index contributed by atoms with van der Waals surface area (Å²) in [5.41, 5.74) is 10.2. The van der Waals surface area contributed by atoms with Crippen LogP contribution in [0.2, 0.25) is 0 Å². The Hall–Kier alpha value is -3.62. The molecular weight excluding hydrogens is 896 g/mol. The van der Waals surface area contributed by atoms with E-state index in [0.29, 0.717) is 24.5 Å². The second kappa shape index (κ2) is 17.5. The van der Waals surface area contributed by atoms with Crippen LogP contribution in [-0.4, -0.2) is 62.3 Å². The molecule has 0 radical (unpaired) electrons. The molecule has 0 atom stereocenters. The number of allylic oxidation sites excluding steroid dienone is 7. The summed E-state index contributed by atoms with van der Waals surface area (Å²) in [6.07, 6.45) is 15.4. The van der Waals surface area contributed by atoms with Gasteiger partial charge >= 0.3 is 0 Å². The second-order valence-corrected chi connectivity index (χ2v) is 20.6. The Morgan fingerprint density at radius 1 is 0.879 bits per heavy atom. The summed E-state index contributed by atoms with van der Waals surface area (Å²) >= 11 is 9.04. The molecule has 2 aliphatic heterocycles. The molecule has 0 unspecified atom stereocenters. The van der Waals surface area contributed by atoms with E-state index in [4.69, 9.17) is 0 Å². The molecule has 0 saturated carbocycles. The minimum absolute atomic E-state index is 0.183. The second-order valence-electron chi connectivity index (χ2n) is 16.2. The zero-order valence-corrected chi connectivity index (χ0v) is 38.6. The Labute approximate surface area is 364 Å². The van der Waals surface area contributed by atoms with E-state index in [1.165, 1.54) is 46.5 Å². The Morgan fingerprint density at radius 3 is 2.36 bits per heavy atom. The van der Waals surface area contributed by atoms with Gasteiger partial charge in [0.15, 0.2) is 5.71 Å². The van der Waals surface area contributed by atoms with Crippen molar-refractivity contribution >= 4 is 70.8 Å². The molecular formula is C45H51Br2N6O3S2+. The fraction of sp³-hybridized carbons (Fsp3) is 0.378. The van der Waals surface area contributed by atoms with Gasteiger partial charge in [0.2, 0.25) is 10.8 Å². The van der Waals surface area contributed by atoms with Gasteiger partial charge in [0, 0.05) is 61.3 Å². The molecule has 13 heteroatoms. The highest BCUT2D eigenvalue weighted by Crippen LogP contribution is 2.50. The maximum Gasteiger partial charge on any atom is 0.264 e. The van der Waals surface area contributed by atoms with Crippen molar-refractivity contribution in [2.24, 2.45) is 0 Å². The molecule has 3 heterocycles. The molecule has 304 valence electrons. The van der Waals surface area contributed by atoms with E-state index in [1.54, 1.807) is 16.4 Å². The van der Waals surface area contributed by atoms with Crippen molar-refractivity contribution in [3.8, 4) is 5.69 Å². The topological polar surface area (TPSA) is 104 Å². The van der Waals surface area contributed by atoms with E-state index in [-0.39, 0.29) is 16.6 Å². The molecule has 0 amide bonds. The first-order valence-electron chi connectivity index (χ1n) is 20.0. The molecule has 1 aromatic heterocycles. The molecule has 0 fully saturated rings. The van der Waals surface area contributed by atoms with E-state index >= 15 is 0 Å². The molecule has 9 nitrogen and oxygen atoms in total. The SMILES string of the molecule is CCCCC[N+]1=C(/C=C/C2=C(Sc3nnnn3-c3ccccc3)C(=C/C=C3/N(CCCCS(=O)(=O)O)c4ccc(Br)cc4C3(C)C)/CC2)C(C)(C)c2cc(Br)ccc21. The van der Waals surface area contributed by atoms with E-state index in [0.717, 1.165) is 56.7 Å². The lowest BCUT2D eigenvalue weighted by molar-refractivity contribution is -0.438. The molecule has 0 spiro atoms. The highest BCUT2D eigenvalue weighted by molar-refractivity contribution is 9.10. The fourth-order valence-corrected chi connectivity index (χ4v) is 10.8. The first kappa shape index (κ1) is 42.5. The Bertz CT molecular complexity index is 2470. The molecule has 3 aromatic carbocycles. The van der Waals surface area contributed by atoms with Gasteiger partial charge in [0.1, 0.15) is 6.54 Å². The summed E-state index contributed by atoms with van der Waals surface area (Å²) in [5, 5.41) is 13.7. The normalized spacial score (nSPS) is 18.7. The standard InChI is InChI=1S/C45H50Br2N6O3S2/c1-6-7-11-26-51-38-22-20-33(46)29-36(38)44(2,3)40(51)24-18-31-16-17-32(42(31)57-43-48-49-50-53(43)35-14-9-8-10-15-35)19-25-41-45(4,5)37-30-34(47)21-23-39(37)52(41)27-12-13-28-58(54,55)56/h8-10,14-15,18-25,29-30H,6-7,11-13,16-17,26-28H2,1-5H3/p+1. The number of unbranched alkanes of at least 4 members (excludes halogenated alkanes) is 3. The molecule has 7 rings (SSSR count). The highest BCUT2D eigenvalue weighted by atomic mass is 79.9. The van der Waals surface area contributed by atoms with Crippen molar-refractivity contribution in [1.29, 1.82) is 0 Å². The average molecular weight is 948 g/mol. The van der Waals surface area contributed by atoms with Crippen molar-refractivity contribution in [1.82, 2.24) is 20.2 Å². The van der Waals surface area contributed by atoms with Gasteiger partial charge in [0.25, 0.3) is 10.1 Å². The molecule has 1 aliphatic carbocycles. The van der Waals surface area contributed by atoms with Crippen LogP contribution in [0.4, 0.5) is 11.4 Å². The number of benzene rings is 3. The number of anilines is 1. The van der Waals surface area contributed by atoms with Crippen LogP contribution < -0.4 is 4.90 Å². The molecule has 58 heavy (non-hydrogen) atoms. The summed E-state index contributed by atoms with van der Waals surface area (Å²) in [6.45, 7) is 13.0. The van der Waals surface area contributed by atoms with Crippen molar-refractivity contribution in [3.05, 3.63) is 133 Å². The first-order valence-corrected chi connectivity index (χ1v) is 24.0. The summed E-state index contributed by atoms with van der Waals surface area (Å²) < 4.78 is 38.9. The zero-order chi connectivity index (χ0) is 41.2. The number of thioether (sulfide) groups is 1. The van der Waals surface area contributed by atoms with Crippen LogP contribution in [-0.2, 0) is 20.9 Å². The number of nitrogens with zero attached hydrogens (tertiary/aromatic N) is 6. The number of aromatic nitrogens is 4. The number of rotatable bonds is 15. The summed E-state index contributed by atoms with van der Waals surface area (Å²) in [4.78, 5) is 3.46. The third-order valence-electron chi connectivity index (χ3n) is 11.5. The summed E-state index contributed by atoms with van der Waals surface area (Å²) in [7, 11) is -4.02. The van der Waals surface area contributed by atoms with Crippen LogP contribution in [0.5, 0.6) is 0 Å². The van der Waals surface area contributed by atoms with Gasteiger partial charge < -0.3 is 4.90 Å². The maximum absolute atomic E-state index is 11.5. The van der Waals surface area contributed by atoms with Gasteiger partial charge in [-0.15, -0.1) is 5.10 Å². The van der Waals surface area contributed by atoms with Gasteiger partial charge in [-0.1, -0.05) is 89.4 Å². The van der Waals surface area contributed by atoms with Gasteiger partial charge in [-0.25, -0.2) is 0 Å². The predicted octanol–water partition coefficient (Wildman–Crippen LogP) is 11.4. The lowest BCUT2D eigenvalue weighted by Crippen LogP contribution is -2.28. The van der Waals surface area contributed by atoms with E-state index in [9.17, 15) is 13.0 Å². The lowest BCUT2D eigenvalue weighted by atomic mass is 9.81. The van der Waals surface area contributed by atoms with Crippen molar-refractivity contribution < 1.29 is 17.5 Å². The Kier molecular flexibility index (Phi) is 12.9. The summed E-state index contributed by atoms with van der Waals surface area (Å²) in [5.74, 6) is -0.249. The van der Waals surface area contributed by atoms with Gasteiger partial charge in [-0.2, -0.15) is 17.7 Å². The zero-order valence-electron chi connectivity index (χ0n) is 33.8. The maximum atomic E-state index is 11.5. The number of halogens is 2. The van der Waals surface area contributed by atoms with Crippen LogP contribution in [0.25, 0.3) is 5.69 Å². The van der Waals surface area contributed by atoms with Crippen LogP contribution in [0, 0.1) is 0 Å². The first-order chi connectivity index (χ1) is 27.7. The van der Waals surface area contributed by atoms with Gasteiger partial charge in [-0.05, 0) is 133 Å². The van der Waals surface area contributed by atoms with Crippen LogP contribution in [0.15, 0.2) is 127 Å². The minimum atomic E-state index is -4.02. The van der Waals surface area contributed by atoms with Crippen molar-refractivity contribution in [2.45, 2.75) is 95.6 Å². The fourth-order valence-electron chi connectivity index (χ4n) is 8.43. The lowest BCUT2D eigenvalue weighted by Gasteiger charge is -2.27. The average Bonchev–Trinajstić information content (AvgIpc) is 3.90. The number of tetrazole rings is 1. The van der Waals surface area contributed by atoms with Crippen molar-refractivity contribution in [2.75, 3.05) is 23.7 Å². The van der Waals surface area contributed by atoms with Gasteiger partial charge in [-0.3, -0.25) is 4.55 Å². The summed E-state index contributed by atoms with van der Waals surface area (Å²) in [6, 6.07) is 23.0. The number of para-hydroxylation sites is 1. The number of fused-ring (bicyclic) bond motifs is 2. The largest absolute Gasteiger partial charge is 0.344 e. The molecule has 1 N–H and O–H groups in total. The van der Waals surface area contributed by atoms with Crippen LogP contribution in [0.1, 0.15) is 90.7 Å². The third-order valence-corrected chi connectivity index (χ3v) is 14.5. The Morgan fingerprint density at radius 2 is 1.62 bits per heavy atom. The van der Waals surface area contributed by atoms with E-state index < -0.39 is 10.1 Å². The number of hydrogen-bond acceptors (Lipinski definition) is 7. The minimum Gasteiger partial charge on any atom is -0.344 e. The highest BCUT2D eigenvalue weighted by Gasteiger charge is 2.44. The predicted molar refractivity (Wildman–Crippen MR) is 243 cm³/mol. The smallest absolute Gasteiger partial charge is 0.264 e. The van der Waals surface area contributed by atoms with Crippen LogP contribution >= 0.6 is 43.6 Å². The van der Waals surface area contributed by atoms with Crippen LogP contribution in [0.3, 0.4) is 0 Å². The van der Waals surface area contributed by atoms with Gasteiger partial charge in [0.05, 0.1) is 16.9 Å². The molecule has 0 bridgehead atoms. The quantitative estimate of drug-likeness (QED) is 0.0714.